The van der Waals surface area contributed by atoms with E-state index in [-0.39, 0.29) is 18.4 Å². The highest BCUT2D eigenvalue weighted by molar-refractivity contribution is 7.16. The van der Waals surface area contributed by atoms with Crippen LogP contribution in [0.25, 0.3) is 15.7 Å². The number of ether oxygens (including phenoxy) is 1. The summed E-state index contributed by atoms with van der Waals surface area (Å²) in [5, 5.41) is 10.4. The predicted octanol–water partition coefficient (Wildman–Crippen LogP) is 2.50. The normalized spacial score (nSPS) is 20.4. The van der Waals surface area contributed by atoms with Crippen LogP contribution in [0.2, 0.25) is 0 Å². The maximum absolute atomic E-state index is 13.4. The molecule has 176 valence electrons. The van der Waals surface area contributed by atoms with Gasteiger partial charge in [0.1, 0.15) is 16.2 Å². The van der Waals surface area contributed by atoms with Gasteiger partial charge >= 0.3 is 0 Å². The van der Waals surface area contributed by atoms with Gasteiger partial charge in [-0.3, -0.25) is 18.8 Å². The number of amides is 1. The number of hydrogen-bond donors (Lipinski definition) is 1. The molecule has 1 N–H and O–H groups in total. The summed E-state index contributed by atoms with van der Waals surface area (Å²) in [5.74, 6) is 0.863. The van der Waals surface area contributed by atoms with Crippen molar-refractivity contribution in [2.75, 3.05) is 19.6 Å². The van der Waals surface area contributed by atoms with E-state index >= 15 is 0 Å². The molecular formula is C23H29N5O4S. The number of hydrogen-bond acceptors (Lipinski definition) is 7. The van der Waals surface area contributed by atoms with Crippen LogP contribution in [0.5, 0.6) is 0 Å². The van der Waals surface area contributed by atoms with E-state index in [0.717, 1.165) is 53.3 Å². The average Bonchev–Trinajstić information content (AvgIpc) is 3.34. The Kier molecular flexibility index (Phi) is 5.96. The molecule has 1 saturated heterocycles. The van der Waals surface area contributed by atoms with E-state index in [1.807, 2.05) is 29.7 Å². The van der Waals surface area contributed by atoms with Crippen molar-refractivity contribution >= 4 is 39.4 Å². The minimum absolute atomic E-state index is 0.0219. The summed E-state index contributed by atoms with van der Waals surface area (Å²) >= 11 is 1.53. The molecule has 1 amide bonds. The summed E-state index contributed by atoms with van der Waals surface area (Å²) in [6.07, 6.45) is 2.97. The van der Waals surface area contributed by atoms with Crippen LogP contribution in [-0.4, -0.2) is 57.1 Å². The van der Waals surface area contributed by atoms with Crippen LogP contribution >= 0.6 is 11.3 Å². The highest BCUT2D eigenvalue weighted by Gasteiger charge is 2.32. The Hall–Kier alpha value is -2.72. The maximum atomic E-state index is 13.4. The maximum Gasteiger partial charge on any atom is 0.295 e. The number of carbonyl (C=O) groups excluding carboxylic acids is 2. The van der Waals surface area contributed by atoms with Crippen LogP contribution in [0.1, 0.15) is 57.5 Å². The molecular weight excluding hydrogens is 442 g/mol. The molecule has 0 radical (unpaired) electrons. The van der Waals surface area contributed by atoms with Crippen molar-refractivity contribution in [1.29, 1.82) is 0 Å². The van der Waals surface area contributed by atoms with Crippen LogP contribution in [-0.2, 0) is 14.3 Å². The van der Waals surface area contributed by atoms with Crippen LogP contribution < -0.4 is 10.9 Å². The van der Waals surface area contributed by atoms with Crippen molar-refractivity contribution in [3.8, 4) is 0 Å². The lowest BCUT2D eigenvalue weighted by Gasteiger charge is -2.33. The number of nitrogens with zero attached hydrogens (tertiary/aromatic N) is 4. The molecule has 1 saturated carbocycles. The molecule has 1 aliphatic carbocycles. The summed E-state index contributed by atoms with van der Waals surface area (Å²) in [5.41, 5.74) is -0.0556. The van der Waals surface area contributed by atoms with E-state index in [1.54, 1.807) is 6.07 Å². The first-order chi connectivity index (χ1) is 16.0. The number of rotatable bonds is 8. The Morgan fingerprint density at radius 1 is 1.36 bits per heavy atom. The van der Waals surface area contributed by atoms with Gasteiger partial charge in [0.2, 0.25) is 0 Å². The summed E-state index contributed by atoms with van der Waals surface area (Å²) in [7, 11) is 0. The highest BCUT2D eigenvalue weighted by atomic mass is 32.1. The summed E-state index contributed by atoms with van der Waals surface area (Å²) in [6, 6.07) is 3.69. The third-order valence-corrected chi connectivity index (χ3v) is 7.40. The van der Waals surface area contributed by atoms with E-state index in [1.165, 1.54) is 24.2 Å². The molecule has 0 spiro atoms. The number of aromatic nitrogens is 3. The molecule has 9 nitrogen and oxygen atoms in total. The molecule has 1 unspecified atom stereocenters. The van der Waals surface area contributed by atoms with Gasteiger partial charge in [-0.2, -0.15) is 9.78 Å². The van der Waals surface area contributed by atoms with Gasteiger partial charge < -0.3 is 15.0 Å². The summed E-state index contributed by atoms with van der Waals surface area (Å²) in [6.45, 7) is 7.03. The van der Waals surface area contributed by atoms with Crippen molar-refractivity contribution < 1.29 is 14.3 Å². The lowest BCUT2D eigenvalue weighted by Crippen LogP contribution is -2.51. The first-order valence-corrected chi connectivity index (χ1v) is 12.5. The Balaban J connectivity index is 1.46. The van der Waals surface area contributed by atoms with E-state index in [2.05, 4.69) is 15.3 Å². The van der Waals surface area contributed by atoms with Crippen molar-refractivity contribution in [2.24, 2.45) is 5.92 Å². The van der Waals surface area contributed by atoms with E-state index < -0.39 is 17.7 Å². The summed E-state index contributed by atoms with van der Waals surface area (Å²) in [4.78, 5) is 41.2. The Labute approximate surface area is 195 Å². The third kappa shape index (κ3) is 4.29. The SMILES string of the molecule is CC(C)c1nn([C@H](OC=O)C(=O)NC2CCCN(CC3CC3)C2)c(=O)c2cc3ccsc3n12. The van der Waals surface area contributed by atoms with Crippen molar-refractivity contribution in [3.05, 3.63) is 33.7 Å². The second-order valence-electron chi connectivity index (χ2n) is 9.44. The fraction of sp³-hybridized carbons (Fsp3) is 0.565. The molecule has 2 aliphatic rings. The van der Waals surface area contributed by atoms with Gasteiger partial charge in [0.05, 0.1) is 0 Å². The lowest BCUT2D eigenvalue weighted by atomic mass is 10.1. The summed E-state index contributed by atoms with van der Waals surface area (Å²) < 4.78 is 8.00. The molecule has 4 heterocycles. The quantitative estimate of drug-likeness (QED) is 0.507. The van der Waals surface area contributed by atoms with E-state index in [0.29, 0.717) is 11.3 Å². The third-order valence-electron chi connectivity index (χ3n) is 6.49. The second kappa shape index (κ2) is 8.90. The van der Waals surface area contributed by atoms with Gasteiger partial charge in [-0.25, -0.2) is 0 Å². The molecule has 0 aromatic carbocycles. The number of thiophene rings is 1. The molecule has 3 aromatic heterocycles. The topological polar surface area (TPSA) is 97.9 Å². The molecule has 2 fully saturated rings. The zero-order valence-corrected chi connectivity index (χ0v) is 19.7. The number of carbonyl (C=O) groups is 2. The van der Waals surface area contributed by atoms with Crippen LogP contribution in [0.3, 0.4) is 0 Å². The van der Waals surface area contributed by atoms with Crippen LogP contribution in [0.15, 0.2) is 22.3 Å². The highest BCUT2D eigenvalue weighted by Crippen LogP contribution is 2.31. The van der Waals surface area contributed by atoms with Gasteiger partial charge in [-0.05, 0) is 55.7 Å². The fourth-order valence-electron chi connectivity index (χ4n) is 4.72. The Morgan fingerprint density at radius 3 is 2.91 bits per heavy atom. The van der Waals surface area contributed by atoms with Crippen molar-refractivity contribution in [1.82, 2.24) is 24.4 Å². The van der Waals surface area contributed by atoms with Crippen molar-refractivity contribution in [3.63, 3.8) is 0 Å². The first kappa shape index (κ1) is 22.1. The number of piperidine rings is 1. The standard InChI is InChI=1S/C23H29N5O4S/c1-14(2)19-25-28(21(31)18-10-16-7-9-33-23(16)27(18)19)22(32-13-29)20(30)24-17-4-3-8-26(12-17)11-15-5-6-15/h7,9-10,13-15,17,22H,3-6,8,11-12H2,1-2H3,(H,24,30)/t17?,22-/m1/s1. The zero-order valence-electron chi connectivity index (χ0n) is 18.9. The minimum Gasteiger partial charge on any atom is -0.432 e. The van der Waals surface area contributed by atoms with Crippen LogP contribution in [0.4, 0.5) is 0 Å². The number of nitrogens with one attached hydrogen (secondary N) is 1. The monoisotopic (exact) mass is 471 g/mol. The second-order valence-corrected chi connectivity index (χ2v) is 10.3. The molecule has 3 aromatic rings. The lowest BCUT2D eigenvalue weighted by molar-refractivity contribution is -0.152. The Bertz CT molecular complexity index is 1240. The molecule has 2 atom stereocenters. The molecule has 0 bridgehead atoms. The molecule has 5 rings (SSSR count). The van der Waals surface area contributed by atoms with E-state index in [4.69, 9.17) is 4.74 Å². The van der Waals surface area contributed by atoms with Gasteiger partial charge in [0, 0.05) is 30.4 Å². The fourth-order valence-corrected chi connectivity index (χ4v) is 5.62. The number of likely N-dealkylation sites (tertiary alicyclic amines) is 1. The zero-order chi connectivity index (χ0) is 23.1. The Morgan fingerprint density at radius 2 is 2.18 bits per heavy atom. The predicted molar refractivity (Wildman–Crippen MR) is 125 cm³/mol. The van der Waals surface area contributed by atoms with Gasteiger partial charge in [-0.15, -0.1) is 11.3 Å². The van der Waals surface area contributed by atoms with Gasteiger partial charge in [0.15, 0.2) is 0 Å². The van der Waals surface area contributed by atoms with Crippen molar-refractivity contribution in [2.45, 2.75) is 57.7 Å². The van der Waals surface area contributed by atoms with Gasteiger partial charge in [0.25, 0.3) is 24.2 Å². The van der Waals surface area contributed by atoms with Gasteiger partial charge in [-0.1, -0.05) is 13.8 Å². The first-order valence-electron chi connectivity index (χ1n) is 11.6. The largest absolute Gasteiger partial charge is 0.432 e. The molecule has 1 aliphatic heterocycles. The molecule has 10 heteroatoms. The average molecular weight is 472 g/mol. The minimum atomic E-state index is -1.45. The van der Waals surface area contributed by atoms with E-state index in [9.17, 15) is 14.4 Å². The molecule has 33 heavy (non-hydrogen) atoms. The smallest absolute Gasteiger partial charge is 0.295 e. The number of fused-ring (bicyclic) bond motifs is 3. The van der Waals surface area contributed by atoms with Crippen LogP contribution in [0, 0.1) is 5.92 Å².